The number of benzene rings is 1. The number of methoxy groups -OCH3 is 1. The minimum Gasteiger partial charge on any atom is -0.493 e. The molecular formula is C25H28BN7O5. The predicted octanol–water partition coefficient (Wildman–Crippen LogP) is 1.14. The minimum absolute atomic E-state index is 0.00815. The van der Waals surface area contributed by atoms with Crippen molar-refractivity contribution in [3.05, 3.63) is 54.6 Å². The maximum atomic E-state index is 13.1. The molecule has 4 rings (SSSR count). The van der Waals surface area contributed by atoms with Gasteiger partial charge in [-0.05, 0) is 30.3 Å². The Morgan fingerprint density at radius 1 is 1.18 bits per heavy atom. The van der Waals surface area contributed by atoms with Crippen LogP contribution in [0, 0.1) is 0 Å². The van der Waals surface area contributed by atoms with Gasteiger partial charge in [-0.3, -0.25) is 9.78 Å². The molecule has 1 amide bonds. The summed E-state index contributed by atoms with van der Waals surface area (Å²) in [6, 6.07) is 8.96. The van der Waals surface area contributed by atoms with Crippen LogP contribution in [0.15, 0.2) is 53.8 Å². The molecule has 0 saturated carbocycles. The minimum atomic E-state index is -0.488. The zero-order valence-electron chi connectivity index (χ0n) is 21.2. The number of nitrogens with zero attached hydrogens (tertiary/aromatic N) is 5. The lowest BCUT2D eigenvalue weighted by atomic mass is 10.1. The van der Waals surface area contributed by atoms with E-state index in [1.165, 1.54) is 21.3 Å². The fourth-order valence-electron chi connectivity index (χ4n) is 3.86. The topological polar surface area (TPSA) is 154 Å². The third-order valence-corrected chi connectivity index (χ3v) is 5.86. The van der Waals surface area contributed by atoms with Crippen molar-refractivity contribution in [2.75, 3.05) is 56.0 Å². The molecule has 12 nitrogen and oxygen atoms in total. The second-order valence-electron chi connectivity index (χ2n) is 8.22. The molecule has 0 aliphatic carbocycles. The van der Waals surface area contributed by atoms with Gasteiger partial charge in [0.2, 0.25) is 7.98 Å². The van der Waals surface area contributed by atoms with Crippen LogP contribution in [0.5, 0.6) is 5.75 Å². The normalized spacial score (nSPS) is 13.6. The zero-order valence-corrected chi connectivity index (χ0v) is 21.2. The van der Waals surface area contributed by atoms with Crippen LogP contribution < -0.4 is 20.7 Å². The molecule has 3 N–H and O–H groups in total. The Labute approximate surface area is 220 Å². The lowest BCUT2D eigenvalue weighted by Crippen LogP contribution is -2.36. The van der Waals surface area contributed by atoms with Crippen molar-refractivity contribution in [1.29, 1.82) is 0 Å². The molecule has 1 fully saturated rings. The highest BCUT2D eigenvalue weighted by atomic mass is 16.5. The highest BCUT2D eigenvalue weighted by Gasteiger charge is 2.20. The first-order chi connectivity index (χ1) is 18.5. The van der Waals surface area contributed by atoms with E-state index in [0.717, 1.165) is 11.3 Å². The van der Waals surface area contributed by atoms with Crippen molar-refractivity contribution in [2.24, 2.45) is 4.90 Å². The highest BCUT2D eigenvalue weighted by molar-refractivity contribution is 6.40. The van der Waals surface area contributed by atoms with Gasteiger partial charge in [-0.2, -0.15) is 0 Å². The Morgan fingerprint density at radius 3 is 2.66 bits per heavy atom. The first-order valence-electron chi connectivity index (χ1n) is 12.0. The largest absolute Gasteiger partial charge is 0.493 e. The van der Waals surface area contributed by atoms with E-state index in [1.54, 1.807) is 36.7 Å². The lowest BCUT2D eigenvalue weighted by molar-refractivity contribution is -0.132. The number of hydrogen-bond donors (Lipinski definition) is 2. The molecule has 1 aliphatic heterocycles. The fourth-order valence-corrected chi connectivity index (χ4v) is 3.86. The van der Waals surface area contributed by atoms with Crippen molar-refractivity contribution in [1.82, 2.24) is 15.0 Å². The van der Waals surface area contributed by atoms with Crippen molar-refractivity contribution in [2.45, 2.75) is 6.42 Å². The van der Waals surface area contributed by atoms with Gasteiger partial charge in [0.1, 0.15) is 11.5 Å². The SMILES string of the molecule is B/N=C(/CCOc1ccc(-c2cnc(N)c(C(=O)Nc3cnccc3N3CCOCC3)n2)cc1)C(=O)OC. The summed E-state index contributed by atoms with van der Waals surface area (Å²) in [4.78, 5) is 43.6. The Hall–Kier alpha value is -4.52. The van der Waals surface area contributed by atoms with Crippen LogP contribution in [0.3, 0.4) is 0 Å². The first-order valence-corrected chi connectivity index (χ1v) is 12.0. The molecule has 1 saturated heterocycles. The molecule has 2 aromatic heterocycles. The molecule has 3 heterocycles. The van der Waals surface area contributed by atoms with Crippen LogP contribution in [0.2, 0.25) is 0 Å². The smallest absolute Gasteiger partial charge is 0.350 e. The van der Waals surface area contributed by atoms with Crippen molar-refractivity contribution >= 4 is 42.8 Å². The van der Waals surface area contributed by atoms with Crippen LogP contribution in [0.4, 0.5) is 17.2 Å². The lowest BCUT2D eigenvalue weighted by Gasteiger charge is -2.30. The van der Waals surface area contributed by atoms with E-state index >= 15 is 0 Å². The third kappa shape index (κ3) is 6.42. The molecule has 1 aromatic carbocycles. The number of nitrogen functional groups attached to an aromatic ring is 1. The molecule has 38 heavy (non-hydrogen) atoms. The number of nitrogens with two attached hydrogens (primary N) is 1. The quantitative estimate of drug-likeness (QED) is 0.240. The van der Waals surface area contributed by atoms with Crippen LogP contribution in [-0.2, 0) is 14.3 Å². The Morgan fingerprint density at radius 2 is 1.95 bits per heavy atom. The van der Waals surface area contributed by atoms with Gasteiger partial charge in [0.05, 0.1) is 56.4 Å². The van der Waals surface area contributed by atoms with Gasteiger partial charge < -0.3 is 35.1 Å². The first kappa shape index (κ1) is 26.5. The molecule has 1 aliphatic rings. The zero-order chi connectivity index (χ0) is 26.9. The number of carbonyl (C=O) groups is 2. The summed E-state index contributed by atoms with van der Waals surface area (Å²) in [5, 5.41) is 2.87. The number of rotatable bonds is 9. The van der Waals surface area contributed by atoms with Crippen molar-refractivity contribution < 1.29 is 23.8 Å². The molecule has 0 unspecified atom stereocenters. The Bertz CT molecular complexity index is 1310. The number of ether oxygens (including phenoxy) is 3. The molecule has 0 atom stereocenters. The van der Waals surface area contributed by atoms with Crippen molar-refractivity contribution in [3.8, 4) is 17.0 Å². The van der Waals surface area contributed by atoms with Crippen molar-refractivity contribution in [3.63, 3.8) is 0 Å². The number of morpholine rings is 1. The molecule has 0 radical (unpaired) electrons. The van der Waals surface area contributed by atoms with E-state index in [0.29, 0.717) is 55.6 Å². The number of hydrogen-bond acceptors (Lipinski definition) is 11. The maximum absolute atomic E-state index is 13.1. The van der Waals surface area contributed by atoms with Gasteiger partial charge in [-0.15, -0.1) is 0 Å². The standard InChI is InChI=1S/C25H28BN7O5/c1-36-25(35)18(32-26)7-11-38-17-4-2-16(3-5-17)19-15-29-23(27)22(30-19)24(34)31-20-14-28-8-6-21(20)33-9-12-37-13-10-33/h2-6,8,14-15H,7,9-13,26H2,1H3,(H2,27,29)(H,31,34)/b32-18-. The number of aromatic nitrogens is 3. The summed E-state index contributed by atoms with van der Waals surface area (Å²) in [5.74, 6) is -0.350. The van der Waals surface area contributed by atoms with E-state index in [9.17, 15) is 9.59 Å². The number of pyridine rings is 1. The summed E-state index contributed by atoms with van der Waals surface area (Å²) >= 11 is 0. The van der Waals surface area contributed by atoms with Gasteiger partial charge in [0, 0.05) is 31.3 Å². The van der Waals surface area contributed by atoms with Gasteiger partial charge in [0.25, 0.3) is 5.91 Å². The summed E-state index contributed by atoms with van der Waals surface area (Å²) in [6.45, 7) is 2.91. The summed E-state index contributed by atoms with van der Waals surface area (Å²) < 4.78 is 15.8. The van der Waals surface area contributed by atoms with Crippen LogP contribution in [-0.4, -0.2) is 80.5 Å². The Kier molecular flexibility index (Phi) is 8.83. The van der Waals surface area contributed by atoms with E-state index in [2.05, 4.69) is 34.8 Å². The molecule has 0 spiro atoms. The van der Waals surface area contributed by atoms with E-state index in [1.807, 2.05) is 6.07 Å². The van der Waals surface area contributed by atoms with Gasteiger partial charge in [0.15, 0.2) is 11.5 Å². The number of nitrogens with one attached hydrogen (secondary N) is 1. The number of amides is 1. The third-order valence-electron chi connectivity index (χ3n) is 5.86. The van der Waals surface area contributed by atoms with Crippen LogP contribution in [0.1, 0.15) is 16.9 Å². The summed E-state index contributed by atoms with van der Waals surface area (Å²) in [7, 11) is 2.84. The molecule has 0 bridgehead atoms. The van der Waals surface area contributed by atoms with Gasteiger partial charge >= 0.3 is 5.97 Å². The van der Waals surface area contributed by atoms with Crippen LogP contribution >= 0.6 is 0 Å². The highest BCUT2D eigenvalue weighted by Crippen LogP contribution is 2.27. The number of carbonyl (C=O) groups excluding carboxylic acids is 2. The average Bonchev–Trinajstić information content (AvgIpc) is 2.96. The number of anilines is 3. The molecule has 196 valence electrons. The Balaban J connectivity index is 1.44. The summed E-state index contributed by atoms with van der Waals surface area (Å²) in [5.41, 5.74) is 8.91. The monoisotopic (exact) mass is 517 g/mol. The average molecular weight is 517 g/mol. The van der Waals surface area contributed by atoms with Gasteiger partial charge in [-0.1, -0.05) is 0 Å². The number of esters is 1. The fraction of sp³-hybridized carbons (Fsp3) is 0.280. The molecule has 3 aromatic rings. The molecular weight excluding hydrogens is 489 g/mol. The van der Waals surface area contributed by atoms with E-state index in [4.69, 9.17) is 15.2 Å². The van der Waals surface area contributed by atoms with Crippen LogP contribution in [0.25, 0.3) is 11.3 Å². The van der Waals surface area contributed by atoms with E-state index in [-0.39, 0.29) is 18.1 Å². The maximum Gasteiger partial charge on any atom is 0.350 e. The summed E-state index contributed by atoms with van der Waals surface area (Å²) in [6.07, 6.45) is 5.09. The predicted molar refractivity (Wildman–Crippen MR) is 145 cm³/mol. The second-order valence-corrected chi connectivity index (χ2v) is 8.22. The molecule has 13 heteroatoms. The second kappa shape index (κ2) is 12.6. The van der Waals surface area contributed by atoms with Gasteiger partial charge in [-0.25, -0.2) is 14.8 Å². The van der Waals surface area contributed by atoms with E-state index < -0.39 is 11.9 Å².